The predicted octanol–water partition coefficient (Wildman–Crippen LogP) is 3.40. The van der Waals surface area contributed by atoms with E-state index in [0.29, 0.717) is 23.9 Å². The summed E-state index contributed by atoms with van der Waals surface area (Å²) in [5, 5.41) is 0. The zero-order chi connectivity index (χ0) is 14.2. The molecule has 0 saturated heterocycles. The summed E-state index contributed by atoms with van der Waals surface area (Å²) in [6.45, 7) is 9.51. The van der Waals surface area contributed by atoms with Crippen LogP contribution < -0.4 is 11.5 Å². The summed E-state index contributed by atoms with van der Waals surface area (Å²) in [4.78, 5) is 0. The van der Waals surface area contributed by atoms with E-state index >= 15 is 0 Å². The third-order valence-electron chi connectivity index (χ3n) is 6.31. The first kappa shape index (κ1) is 15.3. The van der Waals surface area contributed by atoms with Gasteiger partial charge in [-0.15, -0.1) is 0 Å². The number of hydrogen-bond donors (Lipinski definition) is 2. The molecule has 0 aromatic carbocycles. The lowest BCUT2D eigenvalue weighted by atomic mass is 9.64. The van der Waals surface area contributed by atoms with Crippen LogP contribution in [0.5, 0.6) is 0 Å². The van der Waals surface area contributed by atoms with Crippen LogP contribution in [0.15, 0.2) is 0 Å². The average molecular weight is 266 g/mol. The molecule has 19 heavy (non-hydrogen) atoms. The fraction of sp³-hybridized carbons (Fsp3) is 1.00. The maximum absolute atomic E-state index is 6.22. The highest BCUT2D eigenvalue weighted by Gasteiger charge is 2.36. The van der Waals surface area contributed by atoms with E-state index in [0.717, 1.165) is 23.7 Å². The third-order valence-corrected chi connectivity index (χ3v) is 6.31. The average Bonchev–Trinajstić information content (AvgIpc) is 2.32. The van der Waals surface area contributed by atoms with E-state index in [-0.39, 0.29) is 0 Å². The first-order valence-electron chi connectivity index (χ1n) is 8.39. The maximum atomic E-state index is 6.22. The second-order valence-corrected chi connectivity index (χ2v) is 7.94. The summed E-state index contributed by atoms with van der Waals surface area (Å²) in [6.07, 6.45) is 6.54. The molecule has 4 N–H and O–H groups in total. The molecule has 2 aliphatic rings. The first-order valence-corrected chi connectivity index (χ1v) is 8.39. The summed E-state index contributed by atoms with van der Waals surface area (Å²) < 4.78 is 0. The van der Waals surface area contributed by atoms with Crippen LogP contribution in [0.1, 0.15) is 59.8 Å². The van der Waals surface area contributed by atoms with Gasteiger partial charge in [-0.05, 0) is 67.6 Å². The second kappa shape index (κ2) is 6.13. The highest BCUT2D eigenvalue weighted by atomic mass is 14.7. The van der Waals surface area contributed by atoms with Gasteiger partial charge in [0.2, 0.25) is 0 Å². The van der Waals surface area contributed by atoms with Gasteiger partial charge in [0.25, 0.3) is 0 Å². The minimum absolute atomic E-state index is 0.433. The fourth-order valence-electron chi connectivity index (χ4n) is 4.52. The minimum atomic E-state index is 0.433. The van der Waals surface area contributed by atoms with Crippen molar-refractivity contribution < 1.29 is 0 Å². The second-order valence-electron chi connectivity index (χ2n) is 7.94. The van der Waals surface area contributed by atoms with E-state index in [1.807, 2.05) is 0 Å². The molecular formula is C17H34N2. The van der Waals surface area contributed by atoms with Crippen LogP contribution >= 0.6 is 0 Å². The van der Waals surface area contributed by atoms with Crippen molar-refractivity contribution in [1.82, 2.24) is 0 Å². The van der Waals surface area contributed by atoms with Crippen molar-refractivity contribution in [3.63, 3.8) is 0 Å². The van der Waals surface area contributed by atoms with Crippen LogP contribution in [0.3, 0.4) is 0 Å². The minimum Gasteiger partial charge on any atom is -0.327 e. The molecule has 112 valence electrons. The fourth-order valence-corrected chi connectivity index (χ4v) is 4.52. The van der Waals surface area contributed by atoms with Crippen molar-refractivity contribution >= 4 is 0 Å². The molecule has 2 rings (SSSR count). The number of hydrogen-bond acceptors (Lipinski definition) is 2. The highest BCUT2D eigenvalue weighted by molar-refractivity contribution is 4.89. The molecule has 0 aliphatic heterocycles. The molecule has 0 radical (unpaired) electrons. The topological polar surface area (TPSA) is 52.0 Å². The lowest BCUT2D eigenvalue weighted by molar-refractivity contribution is 0.0977. The van der Waals surface area contributed by atoms with Gasteiger partial charge in [-0.2, -0.15) is 0 Å². The van der Waals surface area contributed by atoms with Gasteiger partial charge in [-0.1, -0.05) is 27.7 Å². The monoisotopic (exact) mass is 266 g/mol. The van der Waals surface area contributed by atoms with Gasteiger partial charge in [-0.3, -0.25) is 0 Å². The summed E-state index contributed by atoms with van der Waals surface area (Å²) in [6, 6.07) is 0.866. The Bertz CT molecular complexity index is 263. The first-order chi connectivity index (χ1) is 8.88. The summed E-state index contributed by atoms with van der Waals surface area (Å²) in [5.74, 6) is 4.82. The van der Waals surface area contributed by atoms with E-state index in [2.05, 4.69) is 27.7 Å². The van der Waals surface area contributed by atoms with Gasteiger partial charge in [0.1, 0.15) is 0 Å². The molecule has 2 nitrogen and oxygen atoms in total. The Labute approximate surface area is 119 Å². The SMILES string of the molecule is CC1CC(CC2CC(C)C(N)CC2C)C(C)CC1N. The highest BCUT2D eigenvalue weighted by Crippen LogP contribution is 2.42. The van der Waals surface area contributed by atoms with E-state index in [1.165, 1.54) is 32.1 Å². The molecule has 2 fully saturated rings. The van der Waals surface area contributed by atoms with Crippen molar-refractivity contribution in [2.45, 2.75) is 71.9 Å². The zero-order valence-corrected chi connectivity index (χ0v) is 13.3. The summed E-state index contributed by atoms with van der Waals surface area (Å²) in [7, 11) is 0. The molecule has 8 atom stereocenters. The molecular weight excluding hydrogens is 232 g/mol. The molecule has 2 saturated carbocycles. The molecule has 2 heteroatoms. The maximum Gasteiger partial charge on any atom is 0.00672 e. The Morgan fingerprint density at radius 3 is 1.37 bits per heavy atom. The smallest absolute Gasteiger partial charge is 0.00672 e. The van der Waals surface area contributed by atoms with Gasteiger partial charge in [0.15, 0.2) is 0 Å². The Morgan fingerprint density at radius 2 is 1.00 bits per heavy atom. The van der Waals surface area contributed by atoms with Gasteiger partial charge in [0.05, 0.1) is 0 Å². The Morgan fingerprint density at radius 1 is 0.632 bits per heavy atom. The van der Waals surface area contributed by atoms with Gasteiger partial charge in [0, 0.05) is 12.1 Å². The van der Waals surface area contributed by atoms with Crippen LogP contribution in [-0.4, -0.2) is 12.1 Å². The zero-order valence-electron chi connectivity index (χ0n) is 13.3. The van der Waals surface area contributed by atoms with E-state index < -0.39 is 0 Å². The van der Waals surface area contributed by atoms with E-state index in [1.54, 1.807) is 0 Å². The normalized spacial score (nSPS) is 52.1. The Hall–Kier alpha value is -0.0800. The third kappa shape index (κ3) is 3.52. The quantitative estimate of drug-likeness (QED) is 0.805. The number of nitrogens with two attached hydrogens (primary N) is 2. The van der Waals surface area contributed by atoms with Crippen molar-refractivity contribution in [3.05, 3.63) is 0 Å². The van der Waals surface area contributed by atoms with Crippen molar-refractivity contribution in [2.24, 2.45) is 47.0 Å². The molecule has 0 heterocycles. The van der Waals surface area contributed by atoms with Crippen LogP contribution in [-0.2, 0) is 0 Å². The lowest BCUT2D eigenvalue weighted by Crippen LogP contribution is -2.42. The van der Waals surface area contributed by atoms with Crippen LogP contribution in [0.2, 0.25) is 0 Å². The van der Waals surface area contributed by atoms with Gasteiger partial charge >= 0.3 is 0 Å². The molecule has 0 bridgehead atoms. The summed E-state index contributed by atoms with van der Waals surface area (Å²) >= 11 is 0. The van der Waals surface area contributed by atoms with E-state index in [9.17, 15) is 0 Å². The molecule has 0 spiro atoms. The summed E-state index contributed by atoms with van der Waals surface area (Å²) in [5.41, 5.74) is 12.4. The van der Waals surface area contributed by atoms with Crippen LogP contribution in [0.4, 0.5) is 0 Å². The molecule has 2 aliphatic carbocycles. The predicted molar refractivity (Wildman–Crippen MR) is 82.7 cm³/mol. The molecule has 0 aromatic heterocycles. The standard InChI is InChI=1S/C17H34N2/c1-10-7-16(18)12(3)5-14(10)9-15-6-13(4)17(19)8-11(15)2/h10-17H,5-9,18-19H2,1-4H3. The lowest BCUT2D eigenvalue weighted by Gasteiger charge is -2.43. The van der Waals surface area contributed by atoms with Crippen LogP contribution in [0, 0.1) is 35.5 Å². The van der Waals surface area contributed by atoms with Gasteiger partial charge < -0.3 is 11.5 Å². The van der Waals surface area contributed by atoms with E-state index in [4.69, 9.17) is 11.5 Å². The Balaban J connectivity index is 1.93. The van der Waals surface area contributed by atoms with Crippen molar-refractivity contribution in [1.29, 1.82) is 0 Å². The Kier molecular flexibility index (Phi) is 4.94. The van der Waals surface area contributed by atoms with Crippen LogP contribution in [0.25, 0.3) is 0 Å². The van der Waals surface area contributed by atoms with Gasteiger partial charge in [-0.25, -0.2) is 0 Å². The van der Waals surface area contributed by atoms with Crippen molar-refractivity contribution in [2.75, 3.05) is 0 Å². The largest absolute Gasteiger partial charge is 0.327 e. The molecule has 0 amide bonds. The van der Waals surface area contributed by atoms with Crippen molar-refractivity contribution in [3.8, 4) is 0 Å². The molecule has 8 unspecified atom stereocenters. The molecule has 0 aromatic rings. The number of rotatable bonds is 2.